The van der Waals surface area contributed by atoms with Crippen molar-refractivity contribution >= 4 is 16.9 Å². The van der Waals surface area contributed by atoms with Crippen LogP contribution < -0.4 is 14.2 Å². The van der Waals surface area contributed by atoms with E-state index in [1.54, 1.807) is 54.6 Å². The lowest BCUT2D eigenvalue weighted by Crippen LogP contribution is -2.08. The standard InChI is InChI=1S/C23H18FNO5/c1-27-20-10-7-15(12-22(20)28-2)23(26)29-16-8-9-17-19(25-30-21(17)13-16)11-14-5-3-4-6-18(14)24/h3-10,12-13H,11H2,1-2H3. The summed E-state index contributed by atoms with van der Waals surface area (Å²) in [5.74, 6) is 0.390. The zero-order valence-corrected chi connectivity index (χ0v) is 16.3. The van der Waals surface area contributed by atoms with Crippen LogP contribution in [-0.4, -0.2) is 25.3 Å². The average molecular weight is 407 g/mol. The average Bonchev–Trinajstić information content (AvgIpc) is 3.16. The minimum atomic E-state index is -0.554. The topological polar surface area (TPSA) is 70.8 Å². The Morgan fingerprint density at radius 3 is 2.57 bits per heavy atom. The van der Waals surface area contributed by atoms with E-state index in [-0.39, 0.29) is 5.82 Å². The zero-order chi connectivity index (χ0) is 21.1. The van der Waals surface area contributed by atoms with Gasteiger partial charge in [-0.15, -0.1) is 0 Å². The number of hydrogen-bond acceptors (Lipinski definition) is 6. The third-order valence-corrected chi connectivity index (χ3v) is 4.66. The first-order valence-corrected chi connectivity index (χ1v) is 9.15. The lowest BCUT2D eigenvalue weighted by molar-refractivity contribution is 0.0734. The van der Waals surface area contributed by atoms with Gasteiger partial charge in [-0.05, 0) is 42.0 Å². The highest BCUT2D eigenvalue weighted by Crippen LogP contribution is 2.29. The molecular weight excluding hydrogens is 389 g/mol. The second-order valence-electron chi connectivity index (χ2n) is 6.51. The summed E-state index contributed by atoms with van der Waals surface area (Å²) in [7, 11) is 3.01. The summed E-state index contributed by atoms with van der Waals surface area (Å²) >= 11 is 0. The summed E-state index contributed by atoms with van der Waals surface area (Å²) in [5.41, 5.74) is 1.88. The van der Waals surface area contributed by atoms with E-state index in [0.29, 0.717) is 46.1 Å². The Morgan fingerprint density at radius 1 is 1.00 bits per heavy atom. The van der Waals surface area contributed by atoms with Crippen molar-refractivity contribution in [3.63, 3.8) is 0 Å². The second kappa shape index (κ2) is 8.24. The Kier molecular flexibility index (Phi) is 5.34. The van der Waals surface area contributed by atoms with Gasteiger partial charge in [-0.2, -0.15) is 0 Å². The molecule has 1 heterocycles. The van der Waals surface area contributed by atoms with Gasteiger partial charge in [0.15, 0.2) is 17.1 Å². The zero-order valence-electron chi connectivity index (χ0n) is 16.3. The smallest absolute Gasteiger partial charge is 0.343 e. The number of methoxy groups -OCH3 is 2. The molecule has 0 bridgehead atoms. The number of halogens is 1. The first kappa shape index (κ1) is 19.4. The van der Waals surface area contributed by atoms with Crippen LogP contribution in [0.3, 0.4) is 0 Å². The predicted octanol–water partition coefficient (Wildman–Crippen LogP) is 4.79. The van der Waals surface area contributed by atoms with Crippen LogP contribution in [0.4, 0.5) is 4.39 Å². The monoisotopic (exact) mass is 407 g/mol. The maximum atomic E-state index is 13.9. The third-order valence-electron chi connectivity index (χ3n) is 4.66. The highest BCUT2D eigenvalue weighted by molar-refractivity contribution is 5.92. The Hall–Kier alpha value is -3.87. The molecule has 0 aliphatic heterocycles. The number of benzene rings is 3. The van der Waals surface area contributed by atoms with Crippen LogP contribution in [0.25, 0.3) is 11.0 Å². The van der Waals surface area contributed by atoms with Crippen LogP contribution in [0.2, 0.25) is 0 Å². The molecule has 0 saturated heterocycles. The van der Waals surface area contributed by atoms with Crippen LogP contribution in [0.15, 0.2) is 65.2 Å². The molecule has 0 N–H and O–H groups in total. The normalized spacial score (nSPS) is 10.8. The summed E-state index contributed by atoms with van der Waals surface area (Å²) in [5, 5.41) is 4.77. The number of hydrogen-bond donors (Lipinski definition) is 0. The van der Waals surface area contributed by atoms with Crippen molar-refractivity contribution in [3.05, 3.63) is 83.3 Å². The molecule has 0 unspecified atom stereocenters. The van der Waals surface area contributed by atoms with E-state index < -0.39 is 5.97 Å². The fraction of sp³-hybridized carbons (Fsp3) is 0.130. The second-order valence-corrected chi connectivity index (χ2v) is 6.51. The minimum absolute atomic E-state index is 0.296. The number of fused-ring (bicyclic) bond motifs is 1. The van der Waals surface area contributed by atoms with Crippen molar-refractivity contribution in [2.75, 3.05) is 14.2 Å². The number of ether oxygens (including phenoxy) is 3. The molecule has 0 saturated carbocycles. The maximum absolute atomic E-state index is 13.9. The van der Waals surface area contributed by atoms with Crippen molar-refractivity contribution in [1.29, 1.82) is 0 Å². The number of aromatic nitrogens is 1. The number of carbonyl (C=O) groups excluding carboxylic acids is 1. The van der Waals surface area contributed by atoms with E-state index in [9.17, 15) is 9.18 Å². The molecule has 0 aliphatic carbocycles. The summed E-state index contributed by atoms with van der Waals surface area (Å²) < 4.78 is 35.1. The van der Waals surface area contributed by atoms with E-state index in [1.165, 1.54) is 20.3 Å². The predicted molar refractivity (Wildman–Crippen MR) is 108 cm³/mol. The molecular formula is C23H18FNO5. The molecule has 4 rings (SSSR count). The van der Waals surface area contributed by atoms with Crippen molar-refractivity contribution in [3.8, 4) is 17.2 Å². The molecule has 0 amide bonds. The van der Waals surface area contributed by atoms with Crippen molar-refractivity contribution in [2.24, 2.45) is 0 Å². The first-order chi connectivity index (χ1) is 14.6. The quantitative estimate of drug-likeness (QED) is 0.338. The summed E-state index contributed by atoms with van der Waals surface area (Å²) in [4.78, 5) is 12.5. The Bertz CT molecular complexity index is 1220. The highest BCUT2D eigenvalue weighted by atomic mass is 19.1. The fourth-order valence-electron chi connectivity index (χ4n) is 3.11. The van der Waals surface area contributed by atoms with Gasteiger partial charge < -0.3 is 18.7 Å². The molecule has 3 aromatic carbocycles. The third kappa shape index (κ3) is 3.82. The number of nitrogens with zero attached hydrogens (tertiary/aromatic N) is 1. The molecule has 0 aliphatic rings. The van der Waals surface area contributed by atoms with E-state index in [1.807, 2.05) is 0 Å². The molecule has 152 valence electrons. The van der Waals surface area contributed by atoms with Gasteiger partial charge in [0.05, 0.1) is 25.5 Å². The van der Waals surface area contributed by atoms with Gasteiger partial charge in [-0.25, -0.2) is 9.18 Å². The number of carbonyl (C=O) groups is 1. The van der Waals surface area contributed by atoms with Gasteiger partial charge in [-0.3, -0.25) is 0 Å². The van der Waals surface area contributed by atoms with Crippen molar-refractivity contribution in [2.45, 2.75) is 6.42 Å². The van der Waals surface area contributed by atoms with Gasteiger partial charge in [0.2, 0.25) is 0 Å². The van der Waals surface area contributed by atoms with Crippen molar-refractivity contribution < 1.29 is 27.9 Å². The van der Waals surface area contributed by atoms with Crippen molar-refractivity contribution in [1.82, 2.24) is 5.16 Å². The molecule has 0 fully saturated rings. The van der Waals surface area contributed by atoms with Crippen LogP contribution in [0, 0.1) is 5.82 Å². The molecule has 1 aromatic heterocycles. The Morgan fingerprint density at radius 2 is 1.80 bits per heavy atom. The largest absolute Gasteiger partial charge is 0.493 e. The van der Waals surface area contributed by atoms with Crippen LogP contribution in [0.5, 0.6) is 17.2 Å². The van der Waals surface area contributed by atoms with E-state index >= 15 is 0 Å². The summed E-state index contributed by atoms with van der Waals surface area (Å²) in [6.45, 7) is 0. The van der Waals surface area contributed by atoms with Crippen LogP contribution in [0.1, 0.15) is 21.6 Å². The fourth-order valence-corrected chi connectivity index (χ4v) is 3.11. The maximum Gasteiger partial charge on any atom is 0.343 e. The summed E-state index contributed by atoms with van der Waals surface area (Å²) in [6, 6.07) is 16.2. The molecule has 4 aromatic rings. The first-order valence-electron chi connectivity index (χ1n) is 9.15. The van der Waals surface area contributed by atoms with Gasteiger partial charge in [0, 0.05) is 17.9 Å². The van der Waals surface area contributed by atoms with Gasteiger partial charge in [0.25, 0.3) is 0 Å². The summed E-state index contributed by atoms with van der Waals surface area (Å²) in [6.07, 6.45) is 0.296. The molecule has 6 nitrogen and oxygen atoms in total. The highest BCUT2D eigenvalue weighted by Gasteiger charge is 2.16. The molecule has 30 heavy (non-hydrogen) atoms. The molecule has 0 radical (unpaired) electrons. The SMILES string of the molecule is COc1ccc(C(=O)Oc2ccc3c(Cc4ccccc4F)noc3c2)cc1OC. The van der Waals surface area contributed by atoms with Gasteiger partial charge >= 0.3 is 5.97 Å². The van der Waals surface area contributed by atoms with E-state index in [2.05, 4.69) is 5.16 Å². The molecule has 0 spiro atoms. The van der Waals surface area contributed by atoms with Gasteiger partial charge in [-0.1, -0.05) is 23.4 Å². The van der Waals surface area contributed by atoms with E-state index in [4.69, 9.17) is 18.7 Å². The van der Waals surface area contributed by atoms with Crippen LogP contribution in [-0.2, 0) is 6.42 Å². The molecule has 7 heteroatoms. The van der Waals surface area contributed by atoms with Gasteiger partial charge in [0.1, 0.15) is 11.6 Å². The minimum Gasteiger partial charge on any atom is -0.493 e. The number of esters is 1. The lowest BCUT2D eigenvalue weighted by Gasteiger charge is -2.09. The van der Waals surface area contributed by atoms with Crippen LogP contribution >= 0.6 is 0 Å². The Labute approximate surface area is 171 Å². The lowest BCUT2D eigenvalue weighted by atomic mass is 10.1. The number of rotatable bonds is 6. The molecule has 0 atom stereocenters. The van der Waals surface area contributed by atoms with E-state index in [0.717, 1.165) is 5.39 Å². The Balaban J connectivity index is 1.55.